The van der Waals surface area contributed by atoms with E-state index in [2.05, 4.69) is 0 Å². The maximum Gasteiger partial charge on any atom is 0.336 e. The smallest absolute Gasteiger partial charge is 0.336 e. The summed E-state index contributed by atoms with van der Waals surface area (Å²) < 4.78 is 2.42. The number of aryl methyl sites for hydroxylation is 1. The van der Waals surface area contributed by atoms with E-state index in [1.165, 1.54) is 17.8 Å². The number of carboxylic acid groups (broad SMARTS) is 1. The van der Waals surface area contributed by atoms with Crippen LogP contribution in [0.1, 0.15) is 40.0 Å². The lowest BCUT2D eigenvalue weighted by Gasteiger charge is -2.21. The quantitative estimate of drug-likeness (QED) is 0.739. The Kier molecular flexibility index (Phi) is 4.22. The Hall–Kier alpha value is -3.48. The number of pyridine rings is 1. The predicted octanol–water partition coefficient (Wildman–Crippen LogP) is 2.21. The summed E-state index contributed by atoms with van der Waals surface area (Å²) in [4.78, 5) is 41.1. The standard InChI is InChI=1S/C21H19N3O4/c1-23-11-13(19(25)24(2)21(23)28)10-12-6-5-8-15-17(20(26)27)14-7-3-4-9-16(14)22-18(12)15/h3-4,7,9-11H,5-6,8H2,1-2H3,(H,26,27)/b12-10+. The summed E-state index contributed by atoms with van der Waals surface area (Å²) in [6.45, 7) is 0. The molecule has 1 aliphatic carbocycles. The van der Waals surface area contributed by atoms with Crippen molar-refractivity contribution in [2.24, 2.45) is 14.1 Å². The summed E-state index contributed by atoms with van der Waals surface area (Å²) in [5.74, 6) is -0.978. The van der Waals surface area contributed by atoms with Gasteiger partial charge in [-0.25, -0.2) is 14.6 Å². The van der Waals surface area contributed by atoms with Crippen LogP contribution in [0.2, 0.25) is 0 Å². The maximum atomic E-state index is 12.5. The third-order valence-electron chi connectivity index (χ3n) is 5.19. The Morgan fingerprint density at radius 1 is 1.18 bits per heavy atom. The largest absolute Gasteiger partial charge is 0.478 e. The molecule has 28 heavy (non-hydrogen) atoms. The third kappa shape index (κ3) is 2.76. The van der Waals surface area contributed by atoms with Gasteiger partial charge in [0.05, 0.1) is 22.3 Å². The normalized spacial score (nSPS) is 15.0. The molecule has 0 atom stereocenters. The van der Waals surface area contributed by atoms with Crippen LogP contribution in [0.25, 0.3) is 22.6 Å². The molecule has 0 saturated heterocycles. The van der Waals surface area contributed by atoms with Gasteiger partial charge in [-0.2, -0.15) is 0 Å². The second-order valence-electron chi connectivity index (χ2n) is 7.00. The fourth-order valence-corrected chi connectivity index (χ4v) is 3.84. The van der Waals surface area contributed by atoms with E-state index >= 15 is 0 Å². The Balaban J connectivity index is 2.01. The molecule has 3 aromatic rings. The number of carbonyl (C=O) groups is 1. The number of para-hydroxylation sites is 1. The van der Waals surface area contributed by atoms with Crippen LogP contribution in [0, 0.1) is 0 Å². The SMILES string of the molecule is Cn1cc(/C=C2\CCCc3c2nc2ccccc2c3C(=O)O)c(=O)n(C)c1=O. The summed E-state index contributed by atoms with van der Waals surface area (Å²) >= 11 is 0. The first-order valence-electron chi connectivity index (χ1n) is 9.01. The molecule has 0 bridgehead atoms. The van der Waals surface area contributed by atoms with Crippen LogP contribution in [-0.2, 0) is 20.5 Å². The molecule has 0 aliphatic heterocycles. The molecule has 0 saturated carbocycles. The van der Waals surface area contributed by atoms with E-state index in [4.69, 9.17) is 4.98 Å². The third-order valence-corrected chi connectivity index (χ3v) is 5.19. The highest BCUT2D eigenvalue weighted by atomic mass is 16.4. The molecular weight excluding hydrogens is 358 g/mol. The summed E-state index contributed by atoms with van der Waals surface area (Å²) in [5, 5.41) is 10.4. The number of carboxylic acids is 1. The zero-order chi connectivity index (χ0) is 20.0. The van der Waals surface area contributed by atoms with Crippen LogP contribution in [0.15, 0.2) is 40.1 Å². The molecule has 7 heteroatoms. The first kappa shape index (κ1) is 17.9. The molecule has 1 aromatic carbocycles. The summed E-state index contributed by atoms with van der Waals surface area (Å²) in [6, 6.07) is 7.19. The monoisotopic (exact) mass is 377 g/mol. The van der Waals surface area contributed by atoms with Gasteiger partial charge in [0.25, 0.3) is 5.56 Å². The van der Waals surface area contributed by atoms with Crippen LogP contribution in [0.3, 0.4) is 0 Å². The average molecular weight is 377 g/mol. The number of nitrogens with zero attached hydrogens (tertiary/aromatic N) is 3. The van der Waals surface area contributed by atoms with Crippen molar-refractivity contribution in [1.82, 2.24) is 14.1 Å². The van der Waals surface area contributed by atoms with Crippen LogP contribution >= 0.6 is 0 Å². The topological polar surface area (TPSA) is 94.2 Å². The van der Waals surface area contributed by atoms with Crippen molar-refractivity contribution in [3.05, 3.63) is 73.7 Å². The van der Waals surface area contributed by atoms with Gasteiger partial charge in [0.1, 0.15) is 0 Å². The number of rotatable bonds is 2. The van der Waals surface area contributed by atoms with E-state index in [9.17, 15) is 19.5 Å². The minimum atomic E-state index is -0.978. The Labute approximate surface area is 160 Å². The molecule has 4 rings (SSSR count). The van der Waals surface area contributed by atoms with E-state index in [0.29, 0.717) is 40.6 Å². The lowest BCUT2D eigenvalue weighted by Crippen LogP contribution is -2.37. The van der Waals surface area contributed by atoms with Crippen molar-refractivity contribution in [2.75, 3.05) is 0 Å². The highest BCUT2D eigenvalue weighted by molar-refractivity contribution is 6.05. The average Bonchev–Trinajstić information content (AvgIpc) is 2.68. The van der Waals surface area contributed by atoms with Gasteiger partial charge < -0.3 is 9.67 Å². The van der Waals surface area contributed by atoms with E-state index in [1.807, 2.05) is 6.07 Å². The van der Waals surface area contributed by atoms with Gasteiger partial charge in [0.15, 0.2) is 0 Å². The van der Waals surface area contributed by atoms with Crippen molar-refractivity contribution < 1.29 is 9.90 Å². The molecule has 0 spiro atoms. The Morgan fingerprint density at radius 2 is 1.93 bits per heavy atom. The van der Waals surface area contributed by atoms with Crippen LogP contribution in [0.4, 0.5) is 0 Å². The fourth-order valence-electron chi connectivity index (χ4n) is 3.84. The van der Waals surface area contributed by atoms with E-state index in [-0.39, 0.29) is 11.1 Å². The summed E-state index contributed by atoms with van der Waals surface area (Å²) in [7, 11) is 3.03. The van der Waals surface area contributed by atoms with Crippen LogP contribution in [-0.4, -0.2) is 25.2 Å². The molecule has 7 nitrogen and oxygen atoms in total. The number of aromatic nitrogens is 3. The van der Waals surface area contributed by atoms with Gasteiger partial charge in [-0.3, -0.25) is 9.36 Å². The molecule has 2 aromatic heterocycles. The number of hydrogen-bond acceptors (Lipinski definition) is 4. The molecule has 142 valence electrons. The van der Waals surface area contributed by atoms with Gasteiger partial charge in [-0.05, 0) is 42.5 Å². The van der Waals surface area contributed by atoms with Gasteiger partial charge in [-0.1, -0.05) is 18.2 Å². The van der Waals surface area contributed by atoms with Crippen LogP contribution in [0.5, 0.6) is 0 Å². The molecule has 2 heterocycles. The zero-order valence-corrected chi connectivity index (χ0v) is 15.6. The van der Waals surface area contributed by atoms with Gasteiger partial charge in [-0.15, -0.1) is 0 Å². The molecule has 0 amide bonds. The zero-order valence-electron chi connectivity index (χ0n) is 15.6. The summed E-state index contributed by atoms with van der Waals surface area (Å²) in [5.41, 5.74) is 2.61. The first-order chi connectivity index (χ1) is 13.4. The molecule has 0 fully saturated rings. The molecule has 0 radical (unpaired) electrons. The van der Waals surface area contributed by atoms with Crippen molar-refractivity contribution >= 4 is 28.5 Å². The van der Waals surface area contributed by atoms with Gasteiger partial charge in [0, 0.05) is 25.7 Å². The highest BCUT2D eigenvalue weighted by Gasteiger charge is 2.25. The van der Waals surface area contributed by atoms with Gasteiger partial charge in [0.2, 0.25) is 0 Å². The Bertz CT molecular complexity index is 1280. The van der Waals surface area contributed by atoms with Crippen LogP contribution < -0.4 is 11.2 Å². The number of fused-ring (bicyclic) bond motifs is 2. The predicted molar refractivity (Wildman–Crippen MR) is 106 cm³/mol. The molecular formula is C21H19N3O4. The lowest BCUT2D eigenvalue weighted by molar-refractivity contribution is 0.0697. The number of hydrogen-bond donors (Lipinski definition) is 1. The fraction of sp³-hybridized carbons (Fsp3) is 0.238. The van der Waals surface area contributed by atoms with Crippen molar-refractivity contribution in [2.45, 2.75) is 19.3 Å². The number of benzene rings is 1. The van der Waals surface area contributed by atoms with Crippen molar-refractivity contribution in [1.29, 1.82) is 0 Å². The Morgan fingerprint density at radius 3 is 2.68 bits per heavy atom. The first-order valence-corrected chi connectivity index (χ1v) is 9.01. The van der Waals surface area contributed by atoms with Crippen molar-refractivity contribution in [3.8, 4) is 0 Å². The minimum Gasteiger partial charge on any atom is -0.478 e. The summed E-state index contributed by atoms with van der Waals surface area (Å²) in [6.07, 6.45) is 5.31. The molecule has 0 unspecified atom stereocenters. The van der Waals surface area contributed by atoms with E-state index in [0.717, 1.165) is 16.6 Å². The minimum absolute atomic E-state index is 0.277. The van der Waals surface area contributed by atoms with Gasteiger partial charge >= 0.3 is 11.7 Å². The van der Waals surface area contributed by atoms with E-state index < -0.39 is 11.7 Å². The molecule has 1 N–H and O–H groups in total. The van der Waals surface area contributed by atoms with Crippen molar-refractivity contribution in [3.63, 3.8) is 0 Å². The van der Waals surface area contributed by atoms with E-state index in [1.54, 1.807) is 31.3 Å². The number of aromatic carboxylic acids is 1. The lowest BCUT2D eigenvalue weighted by atomic mass is 9.86. The second kappa shape index (κ2) is 6.60. The second-order valence-corrected chi connectivity index (χ2v) is 7.00. The number of allylic oxidation sites excluding steroid dienone is 1. The maximum absolute atomic E-state index is 12.5. The highest BCUT2D eigenvalue weighted by Crippen LogP contribution is 2.35. The molecule has 1 aliphatic rings.